The Morgan fingerprint density at radius 1 is 1.38 bits per heavy atom. The highest BCUT2D eigenvalue weighted by Gasteiger charge is 2.24. The van der Waals surface area contributed by atoms with Crippen LogP contribution in [0.15, 0.2) is 30.5 Å². The van der Waals surface area contributed by atoms with Gasteiger partial charge in [-0.1, -0.05) is 6.92 Å². The minimum absolute atomic E-state index is 0.431. The van der Waals surface area contributed by atoms with E-state index in [0.717, 1.165) is 25.1 Å². The van der Waals surface area contributed by atoms with E-state index in [1.807, 2.05) is 35.1 Å². The largest absolute Gasteiger partial charge is 0.310 e. The van der Waals surface area contributed by atoms with E-state index in [4.69, 9.17) is 5.26 Å². The second-order valence-electron chi connectivity index (χ2n) is 5.52. The monoisotopic (exact) mass is 280 g/mol. The van der Waals surface area contributed by atoms with Crippen LogP contribution in [0.2, 0.25) is 0 Å². The molecule has 1 N–H and O–H groups in total. The Hall–Kier alpha value is -2.12. The van der Waals surface area contributed by atoms with Crippen molar-refractivity contribution in [3.63, 3.8) is 0 Å². The lowest BCUT2D eigenvalue weighted by Gasteiger charge is -2.24. The van der Waals surface area contributed by atoms with Crippen molar-refractivity contribution in [1.82, 2.24) is 15.1 Å². The van der Waals surface area contributed by atoms with Crippen molar-refractivity contribution in [1.29, 1.82) is 5.26 Å². The lowest BCUT2D eigenvalue weighted by atomic mass is 9.93. The number of benzene rings is 1. The first-order chi connectivity index (χ1) is 10.3. The van der Waals surface area contributed by atoms with Gasteiger partial charge in [0, 0.05) is 17.3 Å². The number of rotatable bonds is 4. The Bertz CT molecular complexity index is 648. The summed E-state index contributed by atoms with van der Waals surface area (Å²) in [5.74, 6) is 0. The molecule has 1 heterocycles. The Morgan fingerprint density at radius 2 is 2.19 bits per heavy atom. The van der Waals surface area contributed by atoms with Crippen molar-refractivity contribution in [3.05, 3.63) is 47.3 Å². The molecule has 0 fully saturated rings. The number of nitrogens with one attached hydrogen (secondary N) is 1. The van der Waals surface area contributed by atoms with E-state index in [2.05, 4.69) is 23.4 Å². The number of aromatic nitrogens is 2. The van der Waals surface area contributed by atoms with Gasteiger partial charge in [-0.2, -0.15) is 10.4 Å². The summed E-state index contributed by atoms with van der Waals surface area (Å²) in [5.41, 5.74) is 4.35. The number of hydrogen-bond acceptors (Lipinski definition) is 3. The third-order valence-electron chi connectivity index (χ3n) is 4.06. The van der Waals surface area contributed by atoms with Crippen LogP contribution in [0.25, 0.3) is 5.69 Å². The molecule has 2 aromatic rings. The summed E-state index contributed by atoms with van der Waals surface area (Å²) in [4.78, 5) is 0. The van der Waals surface area contributed by atoms with Crippen molar-refractivity contribution in [2.24, 2.45) is 0 Å². The summed E-state index contributed by atoms with van der Waals surface area (Å²) in [5, 5.41) is 17.1. The molecule has 1 aliphatic rings. The van der Waals surface area contributed by atoms with Gasteiger partial charge in [0.1, 0.15) is 0 Å². The van der Waals surface area contributed by atoms with E-state index >= 15 is 0 Å². The Labute approximate surface area is 125 Å². The molecule has 1 aromatic carbocycles. The highest BCUT2D eigenvalue weighted by Crippen LogP contribution is 2.31. The fourth-order valence-electron chi connectivity index (χ4n) is 2.99. The first kappa shape index (κ1) is 13.8. The summed E-state index contributed by atoms with van der Waals surface area (Å²) in [6, 6.07) is 10.2. The van der Waals surface area contributed by atoms with Crippen LogP contribution in [0, 0.1) is 11.3 Å². The molecule has 1 aliphatic carbocycles. The molecular formula is C17H20N4. The first-order valence-electron chi connectivity index (χ1n) is 7.64. The maximum Gasteiger partial charge on any atom is 0.0991 e. The SMILES string of the molecule is CCCNC1CCCc2c1cnn2-c1ccc(C#N)cc1. The average Bonchev–Trinajstić information content (AvgIpc) is 2.97. The van der Waals surface area contributed by atoms with Crippen molar-refractivity contribution in [3.8, 4) is 11.8 Å². The summed E-state index contributed by atoms with van der Waals surface area (Å²) in [6.45, 7) is 3.24. The summed E-state index contributed by atoms with van der Waals surface area (Å²) >= 11 is 0. The molecule has 0 aliphatic heterocycles. The van der Waals surface area contributed by atoms with E-state index in [9.17, 15) is 0 Å². The van der Waals surface area contributed by atoms with Crippen LogP contribution in [-0.2, 0) is 6.42 Å². The normalized spacial score (nSPS) is 17.2. The predicted octanol–water partition coefficient (Wildman–Crippen LogP) is 3.12. The maximum absolute atomic E-state index is 8.89. The van der Waals surface area contributed by atoms with Crippen molar-refractivity contribution < 1.29 is 0 Å². The zero-order valence-corrected chi connectivity index (χ0v) is 12.3. The lowest BCUT2D eigenvalue weighted by molar-refractivity contribution is 0.456. The van der Waals surface area contributed by atoms with Crippen molar-refractivity contribution >= 4 is 0 Å². The van der Waals surface area contributed by atoms with Crippen LogP contribution in [0.1, 0.15) is 49.0 Å². The lowest BCUT2D eigenvalue weighted by Crippen LogP contribution is -2.25. The topological polar surface area (TPSA) is 53.6 Å². The smallest absolute Gasteiger partial charge is 0.0991 e. The molecule has 3 rings (SSSR count). The number of hydrogen-bond donors (Lipinski definition) is 1. The van der Waals surface area contributed by atoms with Gasteiger partial charge in [0.05, 0.1) is 23.5 Å². The molecule has 0 amide bonds. The zero-order chi connectivity index (χ0) is 14.7. The van der Waals surface area contributed by atoms with Crippen LogP contribution in [0.5, 0.6) is 0 Å². The van der Waals surface area contributed by atoms with Gasteiger partial charge in [-0.05, 0) is 56.5 Å². The van der Waals surface area contributed by atoms with E-state index < -0.39 is 0 Å². The van der Waals surface area contributed by atoms with Crippen LogP contribution in [0.4, 0.5) is 0 Å². The van der Waals surface area contributed by atoms with Crippen LogP contribution in [0.3, 0.4) is 0 Å². The highest BCUT2D eigenvalue weighted by atomic mass is 15.3. The molecule has 1 aromatic heterocycles. The number of nitriles is 1. The van der Waals surface area contributed by atoms with Gasteiger partial charge in [0.25, 0.3) is 0 Å². The molecular weight excluding hydrogens is 260 g/mol. The third-order valence-corrected chi connectivity index (χ3v) is 4.06. The van der Waals surface area contributed by atoms with Gasteiger partial charge in [0.2, 0.25) is 0 Å². The minimum atomic E-state index is 0.431. The number of nitrogens with zero attached hydrogens (tertiary/aromatic N) is 3. The summed E-state index contributed by atoms with van der Waals surface area (Å²) in [7, 11) is 0. The van der Waals surface area contributed by atoms with Gasteiger partial charge in [-0.3, -0.25) is 0 Å². The van der Waals surface area contributed by atoms with Crippen LogP contribution in [-0.4, -0.2) is 16.3 Å². The van der Waals surface area contributed by atoms with Gasteiger partial charge >= 0.3 is 0 Å². The first-order valence-corrected chi connectivity index (χ1v) is 7.64. The summed E-state index contributed by atoms with van der Waals surface area (Å²) in [6.07, 6.45) is 6.59. The summed E-state index contributed by atoms with van der Waals surface area (Å²) < 4.78 is 2.02. The molecule has 1 atom stereocenters. The fourth-order valence-corrected chi connectivity index (χ4v) is 2.99. The second-order valence-corrected chi connectivity index (χ2v) is 5.52. The number of fused-ring (bicyclic) bond motifs is 1. The van der Waals surface area contributed by atoms with Gasteiger partial charge in [0.15, 0.2) is 0 Å². The molecule has 21 heavy (non-hydrogen) atoms. The Morgan fingerprint density at radius 3 is 2.90 bits per heavy atom. The van der Waals surface area contributed by atoms with E-state index in [-0.39, 0.29) is 0 Å². The fraction of sp³-hybridized carbons (Fsp3) is 0.412. The Balaban J connectivity index is 1.91. The zero-order valence-electron chi connectivity index (χ0n) is 12.3. The van der Waals surface area contributed by atoms with E-state index in [1.54, 1.807) is 0 Å². The molecule has 0 spiro atoms. The predicted molar refractivity (Wildman–Crippen MR) is 82.3 cm³/mol. The standard InChI is InChI=1S/C17H20N4/c1-2-10-19-16-4-3-5-17-15(16)12-20-21(17)14-8-6-13(11-18)7-9-14/h6-9,12,16,19H,2-5,10H2,1H3. The molecule has 4 heteroatoms. The maximum atomic E-state index is 8.89. The van der Waals surface area contributed by atoms with Crippen molar-refractivity contribution in [2.75, 3.05) is 6.54 Å². The molecule has 4 nitrogen and oxygen atoms in total. The molecule has 0 saturated carbocycles. The average molecular weight is 280 g/mol. The molecule has 0 saturated heterocycles. The molecule has 1 unspecified atom stereocenters. The third kappa shape index (κ3) is 2.70. The molecule has 0 radical (unpaired) electrons. The van der Waals surface area contributed by atoms with E-state index in [0.29, 0.717) is 11.6 Å². The van der Waals surface area contributed by atoms with Crippen LogP contribution < -0.4 is 5.32 Å². The van der Waals surface area contributed by atoms with Crippen LogP contribution >= 0.6 is 0 Å². The van der Waals surface area contributed by atoms with Gasteiger partial charge < -0.3 is 5.32 Å². The molecule has 108 valence electrons. The second kappa shape index (κ2) is 6.11. The Kier molecular flexibility index (Phi) is 4.03. The van der Waals surface area contributed by atoms with E-state index in [1.165, 1.54) is 24.1 Å². The highest BCUT2D eigenvalue weighted by molar-refractivity contribution is 5.41. The quantitative estimate of drug-likeness (QED) is 0.936. The minimum Gasteiger partial charge on any atom is -0.310 e. The van der Waals surface area contributed by atoms with Gasteiger partial charge in [-0.15, -0.1) is 0 Å². The van der Waals surface area contributed by atoms with Crippen molar-refractivity contribution in [2.45, 2.75) is 38.6 Å². The van der Waals surface area contributed by atoms with Gasteiger partial charge in [-0.25, -0.2) is 4.68 Å². The molecule has 0 bridgehead atoms.